The van der Waals surface area contributed by atoms with Crippen molar-refractivity contribution in [3.8, 4) is 0 Å². The fraction of sp³-hybridized carbons (Fsp3) is 0.400. The van der Waals surface area contributed by atoms with Crippen LogP contribution in [0.1, 0.15) is 25.3 Å². The van der Waals surface area contributed by atoms with Crippen molar-refractivity contribution in [2.24, 2.45) is 0 Å². The van der Waals surface area contributed by atoms with E-state index in [0.29, 0.717) is 12.8 Å². The number of cyclic esters (lactones) is 1. The Labute approximate surface area is 160 Å². The lowest BCUT2D eigenvalue weighted by Gasteiger charge is -2.33. The first-order chi connectivity index (χ1) is 13.2. The monoisotopic (exact) mass is 398 g/mol. The Hall–Kier alpha value is -2.61. The van der Waals surface area contributed by atoms with E-state index in [1.165, 1.54) is 24.3 Å². The average molecular weight is 398 g/mol. The second kappa shape index (κ2) is 9.05. The van der Waals surface area contributed by atoms with Crippen molar-refractivity contribution < 1.29 is 37.0 Å². The second-order valence-corrected chi connectivity index (χ2v) is 6.23. The highest BCUT2D eigenvalue weighted by atomic mass is 19.4. The number of hydrogen-bond acceptors (Lipinski definition) is 5. The van der Waals surface area contributed by atoms with Crippen LogP contribution in [0.15, 0.2) is 54.6 Å². The molecular formula is C20H21F3O5. The molecule has 1 aromatic rings. The smallest absolute Gasteiger partial charge is 0.432 e. The minimum Gasteiger partial charge on any atom is -0.460 e. The zero-order chi connectivity index (χ0) is 20.8. The second-order valence-electron chi connectivity index (χ2n) is 6.23. The summed E-state index contributed by atoms with van der Waals surface area (Å²) in [6.07, 6.45) is -0.262. The van der Waals surface area contributed by atoms with E-state index in [1.54, 1.807) is 13.0 Å². The van der Waals surface area contributed by atoms with Crippen LogP contribution in [0.4, 0.5) is 13.2 Å². The molecule has 3 atom stereocenters. The number of alkyl halides is 3. The van der Waals surface area contributed by atoms with E-state index in [-0.39, 0.29) is 6.10 Å². The Morgan fingerprint density at radius 1 is 1.18 bits per heavy atom. The molecule has 1 aliphatic heterocycles. The standard InChI is InChI=1S/C20H21F3O5/c1-14-8-6-7-11-16(12-13-17(24)27-14)28-18(25)19(26-2,20(21,22)23)15-9-4-3-5-10-15/h3-5,7,9-14,16H,6,8H2,1-2H3/b11-7+,13-12-/t14-,16-,19+/m1/s1. The van der Waals surface area contributed by atoms with E-state index >= 15 is 0 Å². The molecule has 5 nitrogen and oxygen atoms in total. The number of benzene rings is 1. The van der Waals surface area contributed by atoms with Crippen LogP contribution in [-0.4, -0.2) is 37.4 Å². The average Bonchev–Trinajstić information content (AvgIpc) is 2.63. The summed E-state index contributed by atoms with van der Waals surface area (Å²) in [5.41, 5.74) is -3.70. The van der Waals surface area contributed by atoms with Crippen molar-refractivity contribution in [3.05, 3.63) is 60.2 Å². The highest BCUT2D eigenvalue weighted by Gasteiger charge is 2.64. The van der Waals surface area contributed by atoms with E-state index in [0.717, 1.165) is 31.4 Å². The maximum Gasteiger partial charge on any atom is 0.432 e. The molecule has 1 aromatic carbocycles. The fourth-order valence-corrected chi connectivity index (χ4v) is 2.77. The third-order valence-electron chi connectivity index (χ3n) is 4.22. The van der Waals surface area contributed by atoms with E-state index < -0.39 is 35.4 Å². The van der Waals surface area contributed by atoms with Crippen LogP contribution in [0.5, 0.6) is 0 Å². The van der Waals surface area contributed by atoms with Crippen LogP contribution >= 0.6 is 0 Å². The lowest BCUT2D eigenvalue weighted by atomic mass is 9.92. The van der Waals surface area contributed by atoms with Crippen LogP contribution in [0.25, 0.3) is 0 Å². The quantitative estimate of drug-likeness (QED) is 0.570. The number of ether oxygens (including phenoxy) is 3. The Morgan fingerprint density at radius 2 is 1.86 bits per heavy atom. The summed E-state index contributed by atoms with van der Waals surface area (Å²) < 4.78 is 56.5. The summed E-state index contributed by atoms with van der Waals surface area (Å²) in [4.78, 5) is 24.3. The largest absolute Gasteiger partial charge is 0.460 e. The molecule has 1 heterocycles. The van der Waals surface area contributed by atoms with E-state index in [2.05, 4.69) is 4.74 Å². The Bertz CT molecular complexity index is 742. The van der Waals surface area contributed by atoms with Gasteiger partial charge in [-0.3, -0.25) is 0 Å². The molecule has 0 unspecified atom stereocenters. The number of halogens is 3. The zero-order valence-electron chi connectivity index (χ0n) is 15.4. The third kappa shape index (κ3) is 4.81. The Morgan fingerprint density at radius 3 is 2.46 bits per heavy atom. The van der Waals surface area contributed by atoms with Gasteiger partial charge in [-0.1, -0.05) is 36.4 Å². The molecule has 0 N–H and O–H groups in total. The molecule has 0 amide bonds. The van der Waals surface area contributed by atoms with Crippen LogP contribution in [0.3, 0.4) is 0 Å². The first-order valence-electron chi connectivity index (χ1n) is 8.64. The van der Waals surface area contributed by atoms with Gasteiger partial charge in [0, 0.05) is 18.7 Å². The Kier molecular flexibility index (Phi) is 7.01. The molecule has 0 bridgehead atoms. The minimum atomic E-state index is -5.07. The van der Waals surface area contributed by atoms with Crippen molar-refractivity contribution in [1.82, 2.24) is 0 Å². The number of carbonyl (C=O) groups is 2. The molecule has 0 saturated carbocycles. The lowest BCUT2D eigenvalue weighted by molar-refractivity contribution is -0.277. The molecule has 0 spiro atoms. The van der Waals surface area contributed by atoms with Crippen LogP contribution in [-0.2, 0) is 29.4 Å². The number of rotatable bonds is 4. The molecule has 28 heavy (non-hydrogen) atoms. The molecule has 0 radical (unpaired) electrons. The first-order valence-corrected chi connectivity index (χ1v) is 8.64. The topological polar surface area (TPSA) is 61.8 Å². The SMILES string of the molecule is CO[C@](C(=O)O[C@H]1/C=C\C(=O)O[C@H](C)CC/C=C/1)(c1ccccc1)C(F)(F)F. The van der Waals surface area contributed by atoms with Crippen molar-refractivity contribution in [1.29, 1.82) is 0 Å². The summed E-state index contributed by atoms with van der Waals surface area (Å²) in [5.74, 6) is -2.30. The third-order valence-corrected chi connectivity index (χ3v) is 4.22. The van der Waals surface area contributed by atoms with E-state index in [1.807, 2.05) is 0 Å². The number of allylic oxidation sites excluding steroid dienone is 1. The highest BCUT2D eigenvalue weighted by Crippen LogP contribution is 2.43. The number of methoxy groups -OCH3 is 1. The maximum atomic E-state index is 13.9. The molecule has 152 valence electrons. The highest BCUT2D eigenvalue weighted by molar-refractivity contribution is 5.84. The fourth-order valence-electron chi connectivity index (χ4n) is 2.77. The van der Waals surface area contributed by atoms with Gasteiger partial charge in [0.15, 0.2) is 0 Å². The van der Waals surface area contributed by atoms with Gasteiger partial charge in [-0.2, -0.15) is 13.2 Å². The van der Waals surface area contributed by atoms with Gasteiger partial charge in [0.2, 0.25) is 0 Å². The van der Waals surface area contributed by atoms with Crippen molar-refractivity contribution in [3.63, 3.8) is 0 Å². The first kappa shape index (κ1) is 21.7. The van der Waals surface area contributed by atoms with Gasteiger partial charge in [0.25, 0.3) is 5.60 Å². The van der Waals surface area contributed by atoms with Gasteiger partial charge in [-0.05, 0) is 31.9 Å². The lowest BCUT2D eigenvalue weighted by Crippen LogP contribution is -2.52. The van der Waals surface area contributed by atoms with Gasteiger partial charge < -0.3 is 14.2 Å². The molecule has 2 rings (SSSR count). The maximum absolute atomic E-state index is 13.9. The molecule has 0 fully saturated rings. The predicted octanol–water partition coefficient (Wildman–Crippen LogP) is 3.84. The van der Waals surface area contributed by atoms with Crippen LogP contribution in [0, 0.1) is 0 Å². The van der Waals surface area contributed by atoms with E-state index in [9.17, 15) is 22.8 Å². The molecule has 0 aromatic heterocycles. The molecule has 1 aliphatic rings. The van der Waals surface area contributed by atoms with Crippen molar-refractivity contribution >= 4 is 11.9 Å². The van der Waals surface area contributed by atoms with Gasteiger partial charge in [0.05, 0.1) is 6.10 Å². The zero-order valence-corrected chi connectivity index (χ0v) is 15.4. The number of esters is 2. The Balaban J connectivity index is 2.34. The van der Waals surface area contributed by atoms with Crippen molar-refractivity contribution in [2.75, 3.05) is 7.11 Å². The van der Waals surface area contributed by atoms with E-state index in [4.69, 9.17) is 9.47 Å². The summed E-state index contributed by atoms with van der Waals surface area (Å²) in [7, 11) is 0.791. The van der Waals surface area contributed by atoms with Gasteiger partial charge in [0.1, 0.15) is 6.10 Å². The number of hydrogen-bond donors (Lipinski definition) is 0. The number of carbonyl (C=O) groups excluding carboxylic acids is 2. The molecule has 8 heteroatoms. The van der Waals surface area contributed by atoms with Crippen LogP contribution < -0.4 is 0 Å². The molecule has 0 saturated heterocycles. The molecule has 0 aliphatic carbocycles. The summed E-state index contributed by atoms with van der Waals surface area (Å²) in [6, 6.07) is 6.52. The molecular weight excluding hydrogens is 377 g/mol. The normalized spacial score (nSPS) is 25.1. The van der Waals surface area contributed by atoms with Gasteiger partial charge in [-0.15, -0.1) is 0 Å². The summed E-state index contributed by atoms with van der Waals surface area (Å²) >= 11 is 0. The van der Waals surface area contributed by atoms with Gasteiger partial charge >= 0.3 is 18.1 Å². The van der Waals surface area contributed by atoms with Crippen molar-refractivity contribution in [2.45, 2.75) is 43.8 Å². The van der Waals surface area contributed by atoms with Crippen LogP contribution in [0.2, 0.25) is 0 Å². The van der Waals surface area contributed by atoms with Gasteiger partial charge in [-0.25, -0.2) is 9.59 Å². The summed E-state index contributed by atoms with van der Waals surface area (Å²) in [6.45, 7) is 1.73. The predicted molar refractivity (Wildman–Crippen MR) is 94.1 cm³/mol. The minimum absolute atomic E-state index is 0.301. The summed E-state index contributed by atoms with van der Waals surface area (Å²) in [5, 5.41) is 0.